The Hall–Kier alpha value is -2.45. The quantitative estimate of drug-likeness (QED) is 0.804. The first-order valence-electron chi connectivity index (χ1n) is 6.96. The maximum Gasteiger partial charge on any atom is 0.340 e. The molecule has 0 aliphatic heterocycles. The fourth-order valence-corrected chi connectivity index (χ4v) is 2.62. The van der Waals surface area contributed by atoms with Gasteiger partial charge in [-0.1, -0.05) is 12.1 Å². The van der Waals surface area contributed by atoms with Crippen LogP contribution in [0.4, 0.5) is 10.1 Å². The zero-order chi connectivity index (χ0) is 17.9. The number of carbonyl (C=O) groups is 1. The fourth-order valence-electron chi connectivity index (χ4n) is 2.08. The zero-order valence-corrected chi connectivity index (χ0v) is 14.0. The number of hydrogen-bond acceptors (Lipinski definition) is 5. The standard InChI is InChI=1S/C16H17FN2O4S/c1-10-3-4-11(7-14(10)17)9-19-15-6-5-12(24(18,21)22)8-13(15)16(20)23-2/h3-8,19H,9H2,1-2H3,(H2,18,21,22). The van der Waals surface area contributed by atoms with Gasteiger partial charge in [0.15, 0.2) is 0 Å². The average Bonchev–Trinajstić information content (AvgIpc) is 2.54. The van der Waals surface area contributed by atoms with E-state index in [2.05, 4.69) is 10.1 Å². The van der Waals surface area contributed by atoms with Crippen molar-refractivity contribution < 1.29 is 22.3 Å². The molecule has 0 aromatic heterocycles. The molecule has 2 rings (SSSR count). The maximum atomic E-state index is 13.6. The van der Waals surface area contributed by atoms with E-state index in [9.17, 15) is 17.6 Å². The first kappa shape index (κ1) is 17.9. The number of sulfonamides is 1. The molecular formula is C16H17FN2O4S. The lowest BCUT2D eigenvalue weighted by Gasteiger charge is -2.12. The molecule has 0 heterocycles. The number of methoxy groups -OCH3 is 1. The van der Waals surface area contributed by atoms with Gasteiger partial charge in [-0.2, -0.15) is 0 Å². The summed E-state index contributed by atoms with van der Waals surface area (Å²) in [6, 6.07) is 8.62. The van der Waals surface area contributed by atoms with Crippen LogP contribution in [0.15, 0.2) is 41.3 Å². The lowest BCUT2D eigenvalue weighted by Crippen LogP contribution is -2.15. The van der Waals surface area contributed by atoms with Crippen molar-refractivity contribution in [1.29, 1.82) is 0 Å². The average molecular weight is 352 g/mol. The van der Waals surface area contributed by atoms with E-state index in [0.717, 1.165) is 6.07 Å². The van der Waals surface area contributed by atoms with Gasteiger partial charge in [0, 0.05) is 12.2 Å². The van der Waals surface area contributed by atoms with Gasteiger partial charge in [0.2, 0.25) is 10.0 Å². The van der Waals surface area contributed by atoms with Crippen LogP contribution in [0.2, 0.25) is 0 Å². The van der Waals surface area contributed by atoms with Gasteiger partial charge in [0.05, 0.1) is 17.6 Å². The fraction of sp³-hybridized carbons (Fsp3) is 0.188. The van der Waals surface area contributed by atoms with E-state index >= 15 is 0 Å². The molecule has 0 spiro atoms. The number of hydrogen-bond donors (Lipinski definition) is 2. The molecular weight excluding hydrogens is 335 g/mol. The molecule has 0 amide bonds. The monoisotopic (exact) mass is 352 g/mol. The van der Waals surface area contributed by atoms with E-state index in [0.29, 0.717) is 16.8 Å². The van der Waals surface area contributed by atoms with Crippen molar-refractivity contribution in [3.63, 3.8) is 0 Å². The number of ether oxygens (including phenoxy) is 1. The molecule has 0 bridgehead atoms. The highest BCUT2D eigenvalue weighted by atomic mass is 32.2. The molecule has 0 aliphatic rings. The smallest absolute Gasteiger partial charge is 0.340 e. The molecule has 8 heteroatoms. The summed E-state index contributed by atoms with van der Waals surface area (Å²) in [4.78, 5) is 11.7. The van der Waals surface area contributed by atoms with Crippen LogP contribution in [0.1, 0.15) is 21.5 Å². The van der Waals surface area contributed by atoms with Crippen molar-refractivity contribution >= 4 is 21.7 Å². The summed E-state index contributed by atoms with van der Waals surface area (Å²) in [5.74, 6) is -1.04. The molecule has 6 nitrogen and oxygen atoms in total. The van der Waals surface area contributed by atoms with Crippen molar-refractivity contribution in [2.24, 2.45) is 5.14 Å². The number of nitrogens with one attached hydrogen (secondary N) is 1. The Balaban J connectivity index is 2.31. The van der Waals surface area contributed by atoms with Crippen LogP contribution in [0.25, 0.3) is 0 Å². The number of aryl methyl sites for hydroxylation is 1. The van der Waals surface area contributed by atoms with Crippen molar-refractivity contribution in [3.05, 3.63) is 58.9 Å². The van der Waals surface area contributed by atoms with E-state index in [1.54, 1.807) is 19.1 Å². The summed E-state index contributed by atoms with van der Waals surface area (Å²) in [6.45, 7) is 1.91. The van der Waals surface area contributed by atoms with E-state index in [1.165, 1.54) is 25.3 Å². The third-order valence-electron chi connectivity index (χ3n) is 3.44. The Bertz CT molecular complexity index is 882. The number of anilines is 1. The van der Waals surface area contributed by atoms with Gasteiger partial charge in [0.1, 0.15) is 5.82 Å². The second-order valence-electron chi connectivity index (χ2n) is 5.18. The van der Waals surface area contributed by atoms with Gasteiger partial charge in [-0.05, 0) is 42.3 Å². The highest BCUT2D eigenvalue weighted by molar-refractivity contribution is 7.89. The van der Waals surface area contributed by atoms with Crippen LogP contribution in [0.3, 0.4) is 0 Å². The number of carbonyl (C=O) groups excluding carboxylic acids is 1. The first-order chi connectivity index (χ1) is 11.2. The van der Waals surface area contributed by atoms with Crippen LogP contribution in [-0.2, 0) is 21.3 Å². The van der Waals surface area contributed by atoms with Crippen LogP contribution >= 0.6 is 0 Å². The van der Waals surface area contributed by atoms with Crippen LogP contribution in [0, 0.1) is 12.7 Å². The van der Waals surface area contributed by atoms with E-state index in [1.807, 2.05) is 0 Å². The van der Waals surface area contributed by atoms with E-state index in [-0.39, 0.29) is 22.8 Å². The lowest BCUT2D eigenvalue weighted by atomic mass is 10.1. The molecule has 2 aromatic rings. The minimum absolute atomic E-state index is 0.0246. The van der Waals surface area contributed by atoms with Gasteiger partial charge in [-0.15, -0.1) is 0 Å². The van der Waals surface area contributed by atoms with Crippen molar-refractivity contribution in [2.45, 2.75) is 18.4 Å². The number of benzene rings is 2. The summed E-state index contributed by atoms with van der Waals surface area (Å²) in [6.07, 6.45) is 0. The number of nitrogens with two attached hydrogens (primary N) is 1. The molecule has 3 N–H and O–H groups in total. The Labute approximate surface area is 139 Å². The normalized spacial score (nSPS) is 11.2. The second kappa shape index (κ2) is 6.98. The van der Waals surface area contributed by atoms with Crippen molar-refractivity contribution in [3.8, 4) is 0 Å². The van der Waals surface area contributed by atoms with Gasteiger partial charge in [-0.25, -0.2) is 22.7 Å². The molecule has 2 aromatic carbocycles. The van der Waals surface area contributed by atoms with Gasteiger partial charge < -0.3 is 10.1 Å². The first-order valence-corrected chi connectivity index (χ1v) is 8.51. The Morgan fingerprint density at radius 1 is 1.25 bits per heavy atom. The number of rotatable bonds is 5. The molecule has 24 heavy (non-hydrogen) atoms. The highest BCUT2D eigenvalue weighted by Gasteiger charge is 2.17. The summed E-state index contributed by atoms with van der Waals surface area (Å²) in [7, 11) is -2.76. The largest absolute Gasteiger partial charge is 0.465 e. The van der Waals surface area contributed by atoms with Gasteiger partial charge in [0.25, 0.3) is 0 Å². The molecule has 0 aliphatic carbocycles. The molecule has 0 fully saturated rings. The van der Waals surface area contributed by atoms with Crippen molar-refractivity contribution in [1.82, 2.24) is 0 Å². The summed E-state index contributed by atoms with van der Waals surface area (Å²) < 4.78 is 41.1. The lowest BCUT2D eigenvalue weighted by molar-refractivity contribution is 0.0601. The molecule has 0 saturated carbocycles. The number of halogens is 1. The summed E-state index contributed by atoms with van der Waals surface area (Å²) in [5, 5.41) is 8.04. The Kier molecular flexibility index (Phi) is 5.20. The zero-order valence-electron chi connectivity index (χ0n) is 13.2. The Morgan fingerprint density at radius 3 is 2.54 bits per heavy atom. The topological polar surface area (TPSA) is 98.5 Å². The van der Waals surface area contributed by atoms with Gasteiger partial charge in [-0.3, -0.25) is 0 Å². The molecule has 0 radical (unpaired) electrons. The summed E-state index contributed by atoms with van der Waals surface area (Å²) >= 11 is 0. The third kappa shape index (κ3) is 4.09. The highest BCUT2D eigenvalue weighted by Crippen LogP contribution is 2.22. The molecule has 0 atom stereocenters. The maximum absolute atomic E-state index is 13.6. The van der Waals surface area contributed by atoms with E-state index in [4.69, 9.17) is 5.14 Å². The van der Waals surface area contributed by atoms with Gasteiger partial charge >= 0.3 is 5.97 Å². The minimum atomic E-state index is -3.95. The van der Waals surface area contributed by atoms with Crippen molar-refractivity contribution in [2.75, 3.05) is 12.4 Å². The second-order valence-corrected chi connectivity index (χ2v) is 6.74. The molecule has 0 unspecified atom stereocenters. The SMILES string of the molecule is COC(=O)c1cc(S(N)(=O)=O)ccc1NCc1ccc(C)c(F)c1. The number of primary sulfonamides is 1. The predicted octanol–water partition coefficient (Wildman–Crippen LogP) is 2.18. The predicted molar refractivity (Wildman–Crippen MR) is 87.6 cm³/mol. The molecule has 0 saturated heterocycles. The van der Waals surface area contributed by atoms with E-state index < -0.39 is 16.0 Å². The number of esters is 1. The van der Waals surface area contributed by atoms with Crippen LogP contribution in [-0.4, -0.2) is 21.5 Å². The van der Waals surface area contributed by atoms with Crippen LogP contribution < -0.4 is 10.5 Å². The van der Waals surface area contributed by atoms with Crippen LogP contribution in [0.5, 0.6) is 0 Å². The molecule has 128 valence electrons. The summed E-state index contributed by atoms with van der Waals surface area (Å²) in [5.41, 5.74) is 1.59. The Morgan fingerprint density at radius 2 is 1.96 bits per heavy atom. The third-order valence-corrected chi connectivity index (χ3v) is 4.36. The minimum Gasteiger partial charge on any atom is -0.465 e.